The summed E-state index contributed by atoms with van der Waals surface area (Å²) in [6, 6.07) is 4.30. The summed E-state index contributed by atoms with van der Waals surface area (Å²) in [4.78, 5) is 0. The second-order valence-electron chi connectivity index (χ2n) is 5.22. The second kappa shape index (κ2) is 6.03. The van der Waals surface area contributed by atoms with Crippen LogP contribution in [-0.4, -0.2) is 14.9 Å². The molecule has 20 heavy (non-hydrogen) atoms. The summed E-state index contributed by atoms with van der Waals surface area (Å²) in [6.07, 6.45) is 6.81. The van der Waals surface area contributed by atoms with Crippen molar-refractivity contribution in [2.24, 2.45) is 0 Å². The molecule has 0 radical (unpaired) electrons. The Balaban J connectivity index is 1.68. The van der Waals surface area contributed by atoms with Gasteiger partial charge in [-0.15, -0.1) is 0 Å². The third-order valence-electron chi connectivity index (χ3n) is 3.76. The largest absolute Gasteiger partial charge is 0.450 e. The van der Waals surface area contributed by atoms with Crippen molar-refractivity contribution in [2.75, 3.05) is 0 Å². The Morgan fingerprint density at radius 1 is 1.40 bits per heavy atom. The van der Waals surface area contributed by atoms with Gasteiger partial charge in [0.1, 0.15) is 11.9 Å². The Morgan fingerprint density at radius 2 is 2.15 bits per heavy atom. The maximum Gasteiger partial charge on any atom is 0.183 e. The molecular formula is C14H16Br2N2O2. The van der Waals surface area contributed by atoms with E-state index in [0.717, 1.165) is 10.2 Å². The van der Waals surface area contributed by atoms with Gasteiger partial charge >= 0.3 is 0 Å². The molecule has 108 valence electrons. The van der Waals surface area contributed by atoms with Gasteiger partial charge in [-0.2, -0.15) is 5.10 Å². The number of aromatic nitrogens is 2. The highest BCUT2D eigenvalue weighted by Gasteiger charge is 2.20. The first-order chi connectivity index (χ1) is 9.63. The van der Waals surface area contributed by atoms with Crippen LogP contribution in [0.1, 0.15) is 49.3 Å². The van der Waals surface area contributed by atoms with E-state index in [4.69, 9.17) is 4.42 Å². The molecule has 0 aromatic carbocycles. The molecule has 1 N–H and O–H groups in total. The number of furan rings is 1. The highest BCUT2D eigenvalue weighted by molar-refractivity contribution is 9.13. The number of halogens is 2. The van der Waals surface area contributed by atoms with Gasteiger partial charge in [-0.25, -0.2) is 0 Å². The van der Waals surface area contributed by atoms with E-state index < -0.39 is 6.10 Å². The topological polar surface area (TPSA) is 51.2 Å². The molecule has 2 aromatic heterocycles. The lowest BCUT2D eigenvalue weighted by Crippen LogP contribution is -2.07. The molecule has 2 aromatic rings. The Hall–Kier alpha value is -0.590. The van der Waals surface area contributed by atoms with Gasteiger partial charge < -0.3 is 9.52 Å². The molecule has 0 bridgehead atoms. The van der Waals surface area contributed by atoms with Crippen LogP contribution in [-0.2, 0) is 6.42 Å². The fraction of sp³-hybridized carbons (Fsp3) is 0.500. The van der Waals surface area contributed by atoms with Gasteiger partial charge in [-0.3, -0.25) is 4.68 Å². The number of aliphatic hydroxyl groups excluding tert-OH is 1. The molecule has 1 unspecified atom stereocenters. The molecule has 1 fully saturated rings. The fourth-order valence-electron chi connectivity index (χ4n) is 2.68. The van der Waals surface area contributed by atoms with Gasteiger partial charge in [0.25, 0.3) is 0 Å². The molecule has 0 saturated heterocycles. The summed E-state index contributed by atoms with van der Waals surface area (Å²) < 4.78 is 8.89. The minimum atomic E-state index is -0.676. The minimum Gasteiger partial charge on any atom is -0.450 e. The molecule has 1 aliphatic carbocycles. The number of nitrogens with zero attached hydrogens (tertiary/aromatic N) is 2. The fourth-order valence-corrected chi connectivity index (χ4v) is 3.29. The lowest BCUT2D eigenvalue weighted by Gasteiger charge is -2.09. The lowest BCUT2D eigenvalue weighted by atomic mass is 10.1. The highest BCUT2D eigenvalue weighted by atomic mass is 79.9. The van der Waals surface area contributed by atoms with Crippen molar-refractivity contribution in [1.82, 2.24) is 9.78 Å². The average Bonchev–Trinajstić information content (AvgIpc) is 3.11. The quantitative estimate of drug-likeness (QED) is 0.823. The van der Waals surface area contributed by atoms with E-state index in [9.17, 15) is 5.11 Å². The zero-order valence-corrected chi connectivity index (χ0v) is 14.1. The monoisotopic (exact) mass is 402 g/mol. The molecule has 1 atom stereocenters. The second-order valence-corrected chi connectivity index (χ2v) is 6.79. The van der Waals surface area contributed by atoms with Crippen molar-refractivity contribution in [2.45, 2.75) is 44.2 Å². The number of aliphatic hydroxyl groups is 1. The van der Waals surface area contributed by atoms with Gasteiger partial charge in [-0.1, -0.05) is 12.8 Å². The van der Waals surface area contributed by atoms with E-state index in [1.807, 2.05) is 16.9 Å². The molecule has 1 aliphatic rings. The van der Waals surface area contributed by atoms with Gasteiger partial charge in [0.15, 0.2) is 4.67 Å². The third-order valence-corrected chi connectivity index (χ3v) is 5.47. The van der Waals surface area contributed by atoms with Gasteiger partial charge in [0.05, 0.1) is 16.2 Å². The average molecular weight is 404 g/mol. The summed E-state index contributed by atoms with van der Waals surface area (Å²) in [5, 5.41) is 14.8. The molecule has 0 amide bonds. The molecule has 3 rings (SSSR count). The van der Waals surface area contributed by atoms with E-state index in [1.54, 1.807) is 6.07 Å². The smallest absolute Gasteiger partial charge is 0.183 e. The Kier molecular flexibility index (Phi) is 4.33. The minimum absolute atomic E-state index is 0.464. The first kappa shape index (κ1) is 14.4. The predicted molar refractivity (Wildman–Crippen MR) is 82.5 cm³/mol. The van der Waals surface area contributed by atoms with Crippen molar-refractivity contribution >= 4 is 31.9 Å². The molecule has 6 heteroatoms. The summed E-state index contributed by atoms with van der Waals surface area (Å²) in [6.45, 7) is 0. The highest BCUT2D eigenvalue weighted by Crippen LogP contribution is 2.32. The van der Waals surface area contributed by atoms with Crippen molar-refractivity contribution in [3.8, 4) is 0 Å². The summed E-state index contributed by atoms with van der Waals surface area (Å²) in [5.41, 5.74) is 0.896. The standard InChI is InChI=1S/C14H16Br2N2O2/c15-11-8-13(20-14(11)16)12(19)7-9-5-6-18(17-9)10-3-1-2-4-10/h5-6,8,10,12,19H,1-4,7H2. The van der Waals surface area contributed by atoms with Crippen LogP contribution < -0.4 is 0 Å². The van der Waals surface area contributed by atoms with Crippen LogP contribution in [0.2, 0.25) is 0 Å². The maximum absolute atomic E-state index is 10.2. The van der Waals surface area contributed by atoms with Gasteiger partial charge in [-0.05, 0) is 56.8 Å². The van der Waals surface area contributed by atoms with Crippen LogP contribution in [0.25, 0.3) is 0 Å². The molecule has 0 spiro atoms. The summed E-state index contributed by atoms with van der Waals surface area (Å²) >= 11 is 6.62. The zero-order chi connectivity index (χ0) is 14.1. The third kappa shape index (κ3) is 3.02. The van der Waals surface area contributed by atoms with E-state index in [-0.39, 0.29) is 0 Å². The SMILES string of the molecule is OC(Cc1ccn(C2CCCC2)n1)c1cc(Br)c(Br)o1. The first-order valence-corrected chi connectivity index (χ1v) is 8.39. The number of hydrogen-bond acceptors (Lipinski definition) is 3. The molecule has 4 nitrogen and oxygen atoms in total. The molecular weight excluding hydrogens is 388 g/mol. The van der Waals surface area contributed by atoms with Crippen LogP contribution in [0.15, 0.2) is 31.9 Å². The Bertz CT molecular complexity index is 568. The van der Waals surface area contributed by atoms with Crippen LogP contribution in [0, 0.1) is 0 Å². The Morgan fingerprint density at radius 3 is 2.80 bits per heavy atom. The van der Waals surface area contributed by atoms with Gasteiger partial charge in [0.2, 0.25) is 0 Å². The summed E-state index contributed by atoms with van der Waals surface area (Å²) in [5.74, 6) is 0.541. The van der Waals surface area contributed by atoms with Crippen molar-refractivity contribution in [3.63, 3.8) is 0 Å². The Labute approximate surface area is 134 Å². The van der Waals surface area contributed by atoms with E-state index in [2.05, 4.69) is 37.0 Å². The molecule has 0 aliphatic heterocycles. The molecule has 2 heterocycles. The number of rotatable bonds is 4. The first-order valence-electron chi connectivity index (χ1n) is 6.80. The van der Waals surface area contributed by atoms with E-state index >= 15 is 0 Å². The van der Waals surface area contributed by atoms with E-state index in [1.165, 1.54) is 25.7 Å². The normalized spacial score (nSPS) is 17.8. The lowest BCUT2D eigenvalue weighted by molar-refractivity contribution is 0.147. The van der Waals surface area contributed by atoms with Crippen molar-refractivity contribution < 1.29 is 9.52 Å². The maximum atomic E-state index is 10.2. The van der Waals surface area contributed by atoms with Gasteiger partial charge in [0, 0.05) is 12.6 Å². The van der Waals surface area contributed by atoms with Crippen LogP contribution in [0.3, 0.4) is 0 Å². The predicted octanol–water partition coefficient (Wildman–Crippen LogP) is 4.39. The van der Waals surface area contributed by atoms with Crippen LogP contribution in [0.5, 0.6) is 0 Å². The zero-order valence-electron chi connectivity index (χ0n) is 10.9. The van der Waals surface area contributed by atoms with Crippen molar-refractivity contribution in [3.05, 3.63) is 38.9 Å². The number of hydrogen-bond donors (Lipinski definition) is 1. The van der Waals surface area contributed by atoms with Crippen LogP contribution >= 0.6 is 31.9 Å². The molecule has 1 saturated carbocycles. The summed E-state index contributed by atoms with van der Waals surface area (Å²) in [7, 11) is 0. The van der Waals surface area contributed by atoms with Crippen molar-refractivity contribution in [1.29, 1.82) is 0 Å². The van der Waals surface area contributed by atoms with E-state index in [0.29, 0.717) is 22.9 Å². The van der Waals surface area contributed by atoms with Crippen LogP contribution in [0.4, 0.5) is 0 Å².